The number of unbranched alkanes of at least 4 members (excludes halogenated alkanes) is 1. The lowest BCUT2D eigenvalue weighted by atomic mass is 9.80. The highest BCUT2D eigenvalue weighted by Gasteiger charge is 2.29. The predicted molar refractivity (Wildman–Crippen MR) is 126 cm³/mol. The molecular formula is C27H38NO+. The zero-order chi connectivity index (χ0) is 21.8. The van der Waals surface area contributed by atoms with E-state index in [-0.39, 0.29) is 5.41 Å². The molecule has 0 amide bonds. The zero-order valence-corrected chi connectivity index (χ0v) is 19.4. The number of rotatable bonds is 7. The van der Waals surface area contributed by atoms with Crippen LogP contribution in [-0.2, 0) is 5.41 Å². The number of benzene rings is 1. The highest BCUT2D eigenvalue weighted by Crippen LogP contribution is 2.37. The molecule has 0 aliphatic heterocycles. The fraction of sp³-hybridized carbons (Fsp3) is 0.444. The minimum absolute atomic E-state index is 0.0310. The first kappa shape index (κ1) is 22.9. The summed E-state index contributed by atoms with van der Waals surface area (Å²) in [5, 5.41) is 10.0. The first-order valence-electron chi connectivity index (χ1n) is 10.8. The molecule has 0 aliphatic rings. The number of hydrogen-bond acceptors (Lipinski definition) is 1. The predicted octanol–water partition coefficient (Wildman–Crippen LogP) is 7.53. The van der Waals surface area contributed by atoms with Crippen molar-refractivity contribution in [3.63, 3.8) is 0 Å². The summed E-state index contributed by atoms with van der Waals surface area (Å²) in [7, 11) is 0. The Hall–Kier alpha value is -2.35. The topological polar surface area (TPSA) is 24.1 Å². The summed E-state index contributed by atoms with van der Waals surface area (Å²) in [5.74, 6) is 0. The Bertz CT molecular complexity index is 893. The molecule has 0 saturated carbocycles. The molecule has 0 atom stereocenters. The lowest BCUT2D eigenvalue weighted by molar-refractivity contribution is -0.585. The van der Waals surface area contributed by atoms with Crippen molar-refractivity contribution in [2.45, 2.75) is 79.6 Å². The maximum absolute atomic E-state index is 10.0. The van der Waals surface area contributed by atoms with Crippen LogP contribution in [0.15, 0.2) is 43.3 Å². The molecule has 156 valence electrons. The smallest absolute Gasteiger partial charge is 0.217 e. The van der Waals surface area contributed by atoms with Crippen molar-refractivity contribution in [2.75, 3.05) is 0 Å². The molecule has 1 aromatic heterocycles. The molecule has 2 nitrogen and oxygen atoms in total. The van der Waals surface area contributed by atoms with E-state index in [1.807, 2.05) is 0 Å². The molecule has 2 aromatic rings. The Labute approximate surface area is 177 Å². The van der Waals surface area contributed by atoms with Gasteiger partial charge in [0.2, 0.25) is 5.69 Å². The highest BCUT2D eigenvalue weighted by atomic mass is 16.2. The van der Waals surface area contributed by atoms with Crippen LogP contribution in [0.3, 0.4) is 0 Å². The Morgan fingerprint density at radius 2 is 1.76 bits per heavy atom. The SMILES string of the molecule is C=C(CC)[n+]1cc(-c2c(C)cccc2C)c(C(C)(C)C)cc1/C(=C\O)CCCC. The molecule has 2 rings (SSSR count). The monoisotopic (exact) mass is 392 g/mol. The fourth-order valence-corrected chi connectivity index (χ4v) is 3.92. The van der Waals surface area contributed by atoms with Crippen LogP contribution in [0, 0.1) is 13.8 Å². The molecule has 0 aliphatic carbocycles. The van der Waals surface area contributed by atoms with Gasteiger partial charge in [-0.25, -0.2) is 0 Å². The van der Waals surface area contributed by atoms with Gasteiger partial charge < -0.3 is 5.11 Å². The summed E-state index contributed by atoms with van der Waals surface area (Å²) in [4.78, 5) is 0. The van der Waals surface area contributed by atoms with Crippen molar-refractivity contribution in [3.8, 4) is 11.1 Å². The van der Waals surface area contributed by atoms with Gasteiger partial charge in [0.15, 0.2) is 11.9 Å². The Balaban J connectivity index is 2.90. The van der Waals surface area contributed by atoms with Crippen LogP contribution in [-0.4, -0.2) is 5.11 Å². The first-order chi connectivity index (χ1) is 13.6. The molecular weight excluding hydrogens is 354 g/mol. The van der Waals surface area contributed by atoms with Crippen molar-refractivity contribution in [3.05, 3.63) is 65.7 Å². The average molecular weight is 393 g/mol. The van der Waals surface area contributed by atoms with E-state index in [4.69, 9.17) is 0 Å². The van der Waals surface area contributed by atoms with Crippen LogP contribution in [0.4, 0.5) is 0 Å². The number of pyridine rings is 1. The number of aryl methyl sites for hydroxylation is 2. The minimum atomic E-state index is -0.0310. The largest absolute Gasteiger partial charge is 0.515 e. The van der Waals surface area contributed by atoms with Crippen molar-refractivity contribution >= 4 is 11.3 Å². The summed E-state index contributed by atoms with van der Waals surface area (Å²) in [5.41, 5.74) is 9.42. The molecule has 0 bridgehead atoms. The Morgan fingerprint density at radius 3 is 2.24 bits per heavy atom. The average Bonchev–Trinajstić information content (AvgIpc) is 2.67. The van der Waals surface area contributed by atoms with E-state index in [1.165, 1.54) is 34.1 Å². The lowest BCUT2D eigenvalue weighted by Gasteiger charge is -2.25. The van der Waals surface area contributed by atoms with Crippen molar-refractivity contribution in [1.29, 1.82) is 0 Å². The van der Waals surface area contributed by atoms with E-state index in [0.29, 0.717) is 0 Å². The van der Waals surface area contributed by atoms with E-state index in [1.54, 1.807) is 0 Å². The molecule has 0 unspecified atom stereocenters. The van der Waals surface area contributed by atoms with Crippen LogP contribution in [0.5, 0.6) is 0 Å². The van der Waals surface area contributed by atoms with Gasteiger partial charge in [-0.15, -0.1) is 0 Å². The number of hydrogen-bond donors (Lipinski definition) is 1. The summed E-state index contributed by atoms with van der Waals surface area (Å²) in [6.07, 6.45) is 7.39. The third kappa shape index (κ3) is 4.98. The Morgan fingerprint density at radius 1 is 1.14 bits per heavy atom. The van der Waals surface area contributed by atoms with Crippen LogP contribution in [0.25, 0.3) is 22.4 Å². The van der Waals surface area contributed by atoms with Gasteiger partial charge in [0.1, 0.15) is 0 Å². The minimum Gasteiger partial charge on any atom is -0.515 e. The van der Waals surface area contributed by atoms with Gasteiger partial charge >= 0.3 is 0 Å². The van der Waals surface area contributed by atoms with Crippen molar-refractivity contribution in [2.24, 2.45) is 0 Å². The number of allylic oxidation sites excluding steroid dienone is 2. The number of aliphatic hydroxyl groups excluding tert-OH is 1. The maximum Gasteiger partial charge on any atom is 0.217 e. The lowest BCUT2D eigenvalue weighted by Crippen LogP contribution is -2.37. The van der Waals surface area contributed by atoms with E-state index in [2.05, 4.69) is 90.1 Å². The molecule has 1 heterocycles. The van der Waals surface area contributed by atoms with Crippen molar-refractivity contribution in [1.82, 2.24) is 0 Å². The van der Waals surface area contributed by atoms with E-state index in [9.17, 15) is 5.11 Å². The second-order valence-corrected chi connectivity index (χ2v) is 9.05. The second-order valence-electron chi connectivity index (χ2n) is 9.05. The summed E-state index contributed by atoms with van der Waals surface area (Å²) in [6, 6.07) is 8.76. The van der Waals surface area contributed by atoms with Crippen molar-refractivity contribution < 1.29 is 9.67 Å². The molecule has 0 saturated heterocycles. The summed E-state index contributed by atoms with van der Waals surface area (Å²) >= 11 is 0. The Kier molecular flexibility index (Phi) is 7.46. The normalized spacial score (nSPS) is 12.3. The maximum atomic E-state index is 10.0. The van der Waals surface area contributed by atoms with Gasteiger partial charge in [0.05, 0.1) is 17.4 Å². The molecule has 0 fully saturated rings. The quantitative estimate of drug-likeness (QED) is 0.382. The van der Waals surface area contributed by atoms with Gasteiger partial charge in [-0.05, 0) is 60.9 Å². The first-order valence-corrected chi connectivity index (χ1v) is 10.8. The molecule has 1 aromatic carbocycles. The molecule has 29 heavy (non-hydrogen) atoms. The molecule has 0 radical (unpaired) electrons. The molecule has 2 heteroatoms. The zero-order valence-electron chi connectivity index (χ0n) is 19.4. The summed E-state index contributed by atoms with van der Waals surface area (Å²) < 4.78 is 2.19. The highest BCUT2D eigenvalue weighted by molar-refractivity contribution is 5.75. The number of aromatic nitrogens is 1. The van der Waals surface area contributed by atoms with E-state index < -0.39 is 0 Å². The van der Waals surface area contributed by atoms with E-state index in [0.717, 1.165) is 42.6 Å². The van der Waals surface area contributed by atoms with Gasteiger partial charge in [-0.2, -0.15) is 4.57 Å². The van der Waals surface area contributed by atoms with Crippen LogP contribution in [0.2, 0.25) is 0 Å². The number of aliphatic hydroxyl groups is 1. The van der Waals surface area contributed by atoms with Gasteiger partial charge in [-0.3, -0.25) is 0 Å². The third-order valence-electron chi connectivity index (χ3n) is 5.68. The van der Waals surface area contributed by atoms with Gasteiger partial charge in [-0.1, -0.05) is 59.2 Å². The van der Waals surface area contributed by atoms with Crippen LogP contribution < -0.4 is 4.57 Å². The third-order valence-corrected chi connectivity index (χ3v) is 5.68. The standard InChI is InChI=1S/C27H37NO/c1-9-11-15-22(18-29)25-16-24(27(6,7)8)23(17-28(25)21(5)10-2)26-19(3)13-12-14-20(26)4/h12-14,16-18H,5,9-11,15H2,1-4,6-8H3/p+1. The molecule has 0 spiro atoms. The van der Waals surface area contributed by atoms with Gasteiger partial charge in [0, 0.05) is 12.5 Å². The summed E-state index contributed by atoms with van der Waals surface area (Å²) in [6.45, 7) is 19.8. The second kappa shape index (κ2) is 9.43. The van der Waals surface area contributed by atoms with Crippen LogP contribution >= 0.6 is 0 Å². The molecule has 1 N–H and O–H groups in total. The van der Waals surface area contributed by atoms with Gasteiger partial charge in [0.25, 0.3) is 0 Å². The van der Waals surface area contributed by atoms with Crippen LogP contribution in [0.1, 0.15) is 82.7 Å². The fourth-order valence-electron chi connectivity index (χ4n) is 3.92. The number of nitrogens with zero attached hydrogens (tertiary/aromatic N) is 1. The van der Waals surface area contributed by atoms with E-state index >= 15 is 0 Å².